The molecule has 1 saturated heterocycles. The van der Waals surface area contributed by atoms with E-state index < -0.39 is 18.1 Å². The highest BCUT2D eigenvalue weighted by Gasteiger charge is 2.56. The topological polar surface area (TPSA) is 113 Å². The van der Waals surface area contributed by atoms with Crippen LogP contribution in [-0.4, -0.2) is 73.2 Å². The average molecular weight is 699 g/mol. The molecule has 3 aromatic carbocycles. The lowest BCUT2D eigenvalue weighted by Crippen LogP contribution is -2.69. The highest BCUT2D eigenvalue weighted by atomic mass is 35.5. The minimum absolute atomic E-state index is 0.0165. The van der Waals surface area contributed by atoms with E-state index in [1.54, 1.807) is 7.11 Å². The molecule has 0 spiro atoms. The summed E-state index contributed by atoms with van der Waals surface area (Å²) < 4.78 is 24.2. The normalized spacial score (nSPS) is 23.3. The van der Waals surface area contributed by atoms with Gasteiger partial charge in [0.2, 0.25) is 12.7 Å². The van der Waals surface area contributed by atoms with Gasteiger partial charge in [0.25, 0.3) is 0 Å². The van der Waals surface area contributed by atoms with Crippen LogP contribution in [-0.2, 0) is 28.9 Å². The molecule has 7 rings (SSSR count). The van der Waals surface area contributed by atoms with Crippen molar-refractivity contribution in [2.75, 3.05) is 33.4 Å². The minimum Gasteiger partial charge on any atom is -0.496 e. The summed E-state index contributed by atoms with van der Waals surface area (Å²) in [7, 11) is 3.81. The molecule has 1 amide bonds. The van der Waals surface area contributed by atoms with Crippen molar-refractivity contribution in [1.82, 2.24) is 15.1 Å². The van der Waals surface area contributed by atoms with E-state index in [-0.39, 0.29) is 49.7 Å². The summed E-state index contributed by atoms with van der Waals surface area (Å²) in [5.41, 5.74) is 7.95. The summed E-state index contributed by atoms with van der Waals surface area (Å²) in [6.07, 6.45) is 2.16. The van der Waals surface area contributed by atoms with Crippen LogP contribution in [0.25, 0.3) is 0 Å². The summed E-state index contributed by atoms with van der Waals surface area (Å²) in [5, 5.41) is 14.2. The number of hydrogen-bond donors (Lipinski definition) is 1. The molecule has 5 atom stereocenters. The van der Waals surface area contributed by atoms with Gasteiger partial charge in [0, 0.05) is 47.6 Å². The zero-order chi connectivity index (χ0) is 35.3. The Hall–Kier alpha value is -4.30. The number of esters is 1. The number of carbonyl (C=O) groups is 2. The van der Waals surface area contributed by atoms with E-state index in [2.05, 4.69) is 48.1 Å². The third-order valence-corrected chi connectivity index (χ3v) is 11.2. The second-order valence-electron chi connectivity index (χ2n) is 13.7. The van der Waals surface area contributed by atoms with Crippen LogP contribution in [0.3, 0.4) is 0 Å². The van der Waals surface area contributed by atoms with Crippen molar-refractivity contribution < 1.29 is 28.5 Å². The third kappa shape index (κ3) is 5.66. The van der Waals surface area contributed by atoms with E-state index >= 15 is 0 Å². The molecule has 0 aliphatic carbocycles. The molecular weight excluding hydrogens is 656 g/mol. The number of benzene rings is 3. The van der Waals surface area contributed by atoms with Crippen LogP contribution >= 0.6 is 11.6 Å². The van der Waals surface area contributed by atoms with Gasteiger partial charge in [-0.3, -0.25) is 19.4 Å². The molecule has 1 N–H and O–H groups in total. The molecule has 2 bridgehead atoms. The lowest BCUT2D eigenvalue weighted by molar-refractivity contribution is -0.134. The number of likely N-dealkylation sites (N-methyl/N-ethyl adjacent to an activating group) is 1. The molecule has 0 aromatic heterocycles. The van der Waals surface area contributed by atoms with Gasteiger partial charge in [-0.25, -0.2) is 0 Å². The van der Waals surface area contributed by atoms with Crippen molar-refractivity contribution in [1.29, 1.82) is 5.26 Å². The number of hydrogen-bond acceptors (Lipinski definition) is 9. The fourth-order valence-electron chi connectivity index (χ4n) is 8.95. The summed E-state index contributed by atoms with van der Waals surface area (Å²) in [6, 6.07) is 13.4. The van der Waals surface area contributed by atoms with Crippen LogP contribution in [0, 0.1) is 32.1 Å². The van der Waals surface area contributed by atoms with Gasteiger partial charge in [-0.15, -0.1) is 11.6 Å². The maximum Gasteiger partial charge on any atom is 0.312 e. The van der Waals surface area contributed by atoms with Gasteiger partial charge in [0.05, 0.1) is 31.7 Å². The summed E-state index contributed by atoms with van der Waals surface area (Å²) in [4.78, 5) is 31.1. The number of carbonyl (C=O) groups excluding carboxylic acids is 2. The predicted octanol–water partition coefficient (Wildman–Crippen LogP) is 5.40. The number of fused-ring (bicyclic) bond motifs is 9. The van der Waals surface area contributed by atoms with Crippen LogP contribution in [0.2, 0.25) is 0 Å². The second kappa shape index (κ2) is 13.8. The fraction of sp³-hybridized carbons (Fsp3) is 0.462. The van der Waals surface area contributed by atoms with E-state index in [1.165, 1.54) is 11.1 Å². The Balaban J connectivity index is 1.37. The summed E-state index contributed by atoms with van der Waals surface area (Å²) >= 11 is 5.96. The Morgan fingerprint density at radius 2 is 1.78 bits per heavy atom. The van der Waals surface area contributed by atoms with Crippen molar-refractivity contribution in [3.05, 3.63) is 80.9 Å². The van der Waals surface area contributed by atoms with Gasteiger partial charge >= 0.3 is 5.97 Å². The molecule has 0 saturated carbocycles. The average Bonchev–Trinajstić information content (AvgIpc) is 3.59. The first-order valence-corrected chi connectivity index (χ1v) is 17.8. The Labute approximate surface area is 298 Å². The van der Waals surface area contributed by atoms with E-state index in [0.717, 1.165) is 33.6 Å². The van der Waals surface area contributed by atoms with E-state index in [9.17, 15) is 14.9 Å². The van der Waals surface area contributed by atoms with Crippen molar-refractivity contribution in [3.63, 3.8) is 0 Å². The Kier molecular flexibility index (Phi) is 9.42. The number of methoxy groups -OCH3 is 1. The number of ether oxygens (including phenoxy) is 4. The molecule has 11 heteroatoms. The number of nitrogens with zero attached hydrogens (tertiary/aromatic N) is 3. The number of nitrogens with one attached hydrogen (secondary N) is 1. The van der Waals surface area contributed by atoms with Crippen LogP contribution < -0.4 is 24.3 Å². The molecule has 262 valence electrons. The predicted molar refractivity (Wildman–Crippen MR) is 188 cm³/mol. The zero-order valence-corrected chi connectivity index (χ0v) is 29.9. The maximum atomic E-state index is 13.5. The van der Waals surface area contributed by atoms with Gasteiger partial charge in [0.1, 0.15) is 17.5 Å². The molecule has 4 heterocycles. The Morgan fingerprint density at radius 3 is 2.50 bits per heavy atom. The Bertz CT molecular complexity index is 1880. The number of alkyl halides is 1. The maximum absolute atomic E-state index is 13.5. The van der Waals surface area contributed by atoms with E-state index in [0.29, 0.717) is 48.5 Å². The summed E-state index contributed by atoms with van der Waals surface area (Å²) in [6.45, 7) is 6.30. The van der Waals surface area contributed by atoms with Crippen LogP contribution in [0.15, 0.2) is 36.4 Å². The lowest BCUT2D eigenvalue weighted by atomic mass is 9.71. The minimum atomic E-state index is -0.502. The third-order valence-electron chi connectivity index (χ3n) is 11.0. The van der Waals surface area contributed by atoms with E-state index in [4.69, 9.17) is 30.5 Å². The first-order valence-electron chi connectivity index (χ1n) is 17.3. The smallest absolute Gasteiger partial charge is 0.312 e. The zero-order valence-electron chi connectivity index (χ0n) is 29.2. The van der Waals surface area contributed by atoms with Gasteiger partial charge in [-0.05, 0) is 74.9 Å². The van der Waals surface area contributed by atoms with Crippen molar-refractivity contribution in [2.24, 2.45) is 0 Å². The van der Waals surface area contributed by atoms with Crippen molar-refractivity contribution in [3.8, 4) is 29.1 Å². The Morgan fingerprint density at radius 1 is 1.02 bits per heavy atom. The molecule has 50 heavy (non-hydrogen) atoms. The monoisotopic (exact) mass is 698 g/mol. The summed E-state index contributed by atoms with van der Waals surface area (Å²) in [5.74, 6) is 1.99. The van der Waals surface area contributed by atoms with Crippen molar-refractivity contribution in [2.45, 2.75) is 83.1 Å². The number of rotatable bonds is 9. The highest BCUT2D eigenvalue weighted by molar-refractivity contribution is 6.18. The molecule has 3 aromatic rings. The van der Waals surface area contributed by atoms with Gasteiger partial charge in [0.15, 0.2) is 11.5 Å². The second-order valence-corrected chi connectivity index (χ2v) is 14.1. The van der Waals surface area contributed by atoms with Crippen LogP contribution in [0.5, 0.6) is 23.0 Å². The van der Waals surface area contributed by atoms with E-state index in [1.807, 2.05) is 37.3 Å². The van der Waals surface area contributed by atoms with Crippen LogP contribution in [0.4, 0.5) is 0 Å². The SMILES string of the molecule is COc1c(C)cc2c(c1C)[C@@H]1C3Cc4c(OC(=O)CCCl)c(C)c5c(c4[C@H](CNC(=O)CCc4ccccc4)N3[C@@H](C#N)[C@H](C2)N1C)OCO5. The van der Waals surface area contributed by atoms with Crippen molar-refractivity contribution >= 4 is 23.5 Å². The number of aryl methyl sites for hydroxylation is 2. The number of amides is 1. The number of nitriles is 1. The molecule has 10 nitrogen and oxygen atoms in total. The first kappa shape index (κ1) is 34.2. The molecule has 1 unspecified atom stereocenters. The largest absolute Gasteiger partial charge is 0.496 e. The number of piperazine rings is 1. The van der Waals surface area contributed by atoms with Gasteiger partial charge in [-0.1, -0.05) is 36.4 Å². The lowest BCUT2D eigenvalue weighted by Gasteiger charge is -2.60. The van der Waals surface area contributed by atoms with Gasteiger partial charge < -0.3 is 24.3 Å². The molecule has 0 radical (unpaired) electrons. The molecule has 1 fully saturated rings. The van der Waals surface area contributed by atoms with Crippen LogP contribution in [0.1, 0.15) is 69.4 Å². The van der Waals surface area contributed by atoms with Gasteiger partial charge in [-0.2, -0.15) is 5.26 Å². The molecule has 4 aliphatic rings. The molecular formula is C39H43ClN4O6. The first-order chi connectivity index (χ1) is 24.2. The molecule has 4 aliphatic heterocycles. The quantitative estimate of drug-likeness (QED) is 0.178. The fourth-order valence-corrected chi connectivity index (χ4v) is 9.10. The number of halogens is 1. The standard InChI is InChI=1S/C39H43ClN4O6/c1-21-15-25-16-27-29(18-41)44-28(35(43(27)4)33(25)22(2)36(21)47-5)17-26-34(30(44)19-42-31(45)12-11-24-9-7-6-8-10-24)39-38(48-20-49-39)23(3)37(26)50-32(46)13-14-40/h6-10,15,27-30,35H,11-14,16-17,19-20H2,1-5H3,(H,42,45)/t27-,28?,29-,30-,35-/m0/s1. The highest BCUT2D eigenvalue weighted by Crippen LogP contribution is 2.57.